The van der Waals surface area contributed by atoms with Crippen LogP contribution in [-0.4, -0.2) is 26.7 Å². The van der Waals surface area contributed by atoms with E-state index in [0.29, 0.717) is 17.2 Å². The first-order valence-corrected chi connectivity index (χ1v) is 4.81. The molecule has 1 rings (SSSR count). The minimum atomic E-state index is -0.408. The molecule has 0 bridgehead atoms. The normalized spacial score (nSPS) is 9.62. The Morgan fingerprint density at radius 3 is 2.25 bits per heavy atom. The lowest BCUT2D eigenvalue weighted by atomic mass is 10.3. The van der Waals surface area contributed by atoms with Crippen LogP contribution in [0.15, 0.2) is 18.2 Å². The van der Waals surface area contributed by atoms with Gasteiger partial charge in [-0.05, 0) is 12.1 Å². The average molecular weight is 225 g/mol. The van der Waals surface area contributed by atoms with Crippen molar-refractivity contribution in [1.82, 2.24) is 0 Å². The number of methoxy groups -OCH3 is 2. The van der Waals surface area contributed by atoms with Gasteiger partial charge in [-0.25, -0.2) is 0 Å². The van der Waals surface area contributed by atoms with Crippen LogP contribution < -0.4 is 19.9 Å². The third-order valence-electron chi connectivity index (χ3n) is 1.98. The third kappa shape index (κ3) is 3.05. The lowest BCUT2D eigenvalue weighted by Crippen LogP contribution is -2.15. The van der Waals surface area contributed by atoms with E-state index in [2.05, 4.69) is 0 Å². The number of carbonyl (C=O) groups excluding carboxylic acids is 1. The second-order valence-electron chi connectivity index (χ2n) is 3.06. The van der Waals surface area contributed by atoms with E-state index in [-0.39, 0.29) is 13.0 Å². The Labute approximate surface area is 94.1 Å². The van der Waals surface area contributed by atoms with Crippen molar-refractivity contribution in [2.24, 2.45) is 5.73 Å². The first-order chi connectivity index (χ1) is 7.69. The molecule has 5 heteroatoms. The lowest BCUT2D eigenvalue weighted by molar-refractivity contribution is -0.118. The molecule has 0 aliphatic carbocycles. The molecule has 1 amide bonds. The van der Waals surface area contributed by atoms with Crippen LogP contribution >= 0.6 is 0 Å². The van der Waals surface area contributed by atoms with Crippen molar-refractivity contribution in [3.8, 4) is 17.2 Å². The van der Waals surface area contributed by atoms with Gasteiger partial charge in [-0.15, -0.1) is 0 Å². The zero-order valence-corrected chi connectivity index (χ0v) is 9.36. The summed E-state index contributed by atoms with van der Waals surface area (Å²) in [6, 6.07) is 5.29. The zero-order valence-electron chi connectivity index (χ0n) is 9.36. The van der Waals surface area contributed by atoms with E-state index in [4.69, 9.17) is 19.9 Å². The third-order valence-corrected chi connectivity index (χ3v) is 1.98. The molecular formula is C11H15NO4. The molecule has 0 fully saturated rings. The largest absolute Gasteiger partial charge is 0.493 e. The van der Waals surface area contributed by atoms with Crippen molar-refractivity contribution in [2.75, 3.05) is 20.8 Å². The smallest absolute Gasteiger partial charge is 0.220 e. The first kappa shape index (κ1) is 12.2. The lowest BCUT2D eigenvalue weighted by Gasteiger charge is -2.13. The van der Waals surface area contributed by atoms with Gasteiger partial charge in [0.05, 0.1) is 27.2 Å². The molecule has 2 N–H and O–H groups in total. The fraction of sp³-hybridized carbons (Fsp3) is 0.364. The molecule has 0 atom stereocenters. The van der Waals surface area contributed by atoms with Crippen LogP contribution in [0.2, 0.25) is 0 Å². The Morgan fingerprint density at radius 2 is 1.81 bits per heavy atom. The Bertz CT molecular complexity index is 343. The summed E-state index contributed by atoms with van der Waals surface area (Å²) in [5.74, 6) is 1.19. The highest BCUT2D eigenvalue weighted by Crippen LogP contribution is 2.36. The monoisotopic (exact) mass is 225 g/mol. The highest BCUT2D eigenvalue weighted by molar-refractivity contribution is 5.73. The van der Waals surface area contributed by atoms with Gasteiger partial charge >= 0.3 is 0 Å². The summed E-state index contributed by atoms with van der Waals surface area (Å²) in [6.07, 6.45) is 0.154. The van der Waals surface area contributed by atoms with Crippen LogP contribution in [0.1, 0.15) is 6.42 Å². The van der Waals surface area contributed by atoms with Gasteiger partial charge in [0.25, 0.3) is 0 Å². The Balaban J connectivity index is 2.78. The molecule has 1 aromatic rings. The molecule has 0 spiro atoms. The predicted octanol–water partition coefficient (Wildman–Crippen LogP) is 0.958. The molecule has 0 unspecified atom stereocenters. The average Bonchev–Trinajstić information content (AvgIpc) is 2.28. The number of rotatable bonds is 6. The van der Waals surface area contributed by atoms with Gasteiger partial charge in [0.1, 0.15) is 0 Å². The van der Waals surface area contributed by atoms with Crippen molar-refractivity contribution in [3.05, 3.63) is 18.2 Å². The molecular weight excluding hydrogens is 210 g/mol. The Hall–Kier alpha value is -1.91. The van der Waals surface area contributed by atoms with E-state index < -0.39 is 5.91 Å². The summed E-state index contributed by atoms with van der Waals surface area (Å²) >= 11 is 0. The summed E-state index contributed by atoms with van der Waals surface area (Å²) < 4.78 is 15.7. The Kier molecular flexibility index (Phi) is 4.44. The molecule has 0 aliphatic rings. The quantitative estimate of drug-likeness (QED) is 0.782. The zero-order chi connectivity index (χ0) is 12.0. The number of ether oxygens (including phenoxy) is 3. The number of hydrogen-bond acceptors (Lipinski definition) is 4. The van der Waals surface area contributed by atoms with Crippen LogP contribution in [0.4, 0.5) is 0 Å². The van der Waals surface area contributed by atoms with E-state index in [1.165, 1.54) is 14.2 Å². The second-order valence-corrected chi connectivity index (χ2v) is 3.06. The second kappa shape index (κ2) is 5.85. The van der Waals surface area contributed by atoms with Crippen LogP contribution in [0.25, 0.3) is 0 Å². The fourth-order valence-corrected chi connectivity index (χ4v) is 1.21. The molecule has 0 radical (unpaired) electrons. The maximum Gasteiger partial charge on any atom is 0.220 e. The summed E-state index contributed by atoms with van der Waals surface area (Å²) in [5, 5.41) is 0. The van der Waals surface area contributed by atoms with Crippen molar-refractivity contribution >= 4 is 5.91 Å². The maximum atomic E-state index is 10.6. The van der Waals surface area contributed by atoms with Gasteiger partial charge in [0, 0.05) is 0 Å². The van der Waals surface area contributed by atoms with E-state index in [1.54, 1.807) is 18.2 Å². The summed E-state index contributed by atoms with van der Waals surface area (Å²) in [5.41, 5.74) is 5.02. The minimum absolute atomic E-state index is 0.154. The molecule has 0 aliphatic heterocycles. The Morgan fingerprint density at radius 1 is 1.25 bits per heavy atom. The number of para-hydroxylation sites is 1. The molecule has 0 heterocycles. The first-order valence-electron chi connectivity index (χ1n) is 4.81. The number of amides is 1. The van der Waals surface area contributed by atoms with Gasteiger partial charge in [-0.2, -0.15) is 0 Å². The fourth-order valence-electron chi connectivity index (χ4n) is 1.21. The number of hydrogen-bond donors (Lipinski definition) is 1. The number of benzene rings is 1. The molecule has 0 saturated heterocycles. The summed E-state index contributed by atoms with van der Waals surface area (Å²) in [6.45, 7) is 0.200. The number of carbonyl (C=O) groups is 1. The summed E-state index contributed by atoms with van der Waals surface area (Å²) in [4.78, 5) is 10.6. The summed E-state index contributed by atoms with van der Waals surface area (Å²) in [7, 11) is 3.07. The SMILES string of the molecule is COc1cccc(OC)c1OCCC(N)=O. The van der Waals surface area contributed by atoms with E-state index in [1.807, 2.05) is 0 Å². The van der Waals surface area contributed by atoms with Gasteiger partial charge in [-0.3, -0.25) is 4.79 Å². The highest BCUT2D eigenvalue weighted by atomic mass is 16.5. The molecule has 88 valence electrons. The number of nitrogens with two attached hydrogens (primary N) is 1. The van der Waals surface area contributed by atoms with Crippen LogP contribution in [0.3, 0.4) is 0 Å². The maximum absolute atomic E-state index is 10.6. The molecule has 1 aromatic carbocycles. The predicted molar refractivity (Wildman–Crippen MR) is 58.9 cm³/mol. The van der Waals surface area contributed by atoms with Gasteiger partial charge in [0.2, 0.25) is 11.7 Å². The van der Waals surface area contributed by atoms with Crippen molar-refractivity contribution in [2.45, 2.75) is 6.42 Å². The van der Waals surface area contributed by atoms with Crippen molar-refractivity contribution < 1.29 is 19.0 Å². The number of primary amides is 1. The standard InChI is InChI=1S/C11H15NO4/c1-14-8-4-3-5-9(15-2)11(8)16-7-6-10(12)13/h3-5H,6-7H2,1-2H3,(H2,12,13). The van der Waals surface area contributed by atoms with Crippen molar-refractivity contribution in [3.63, 3.8) is 0 Å². The highest BCUT2D eigenvalue weighted by Gasteiger charge is 2.11. The van der Waals surface area contributed by atoms with Crippen LogP contribution in [-0.2, 0) is 4.79 Å². The van der Waals surface area contributed by atoms with Crippen LogP contribution in [0, 0.1) is 0 Å². The minimum Gasteiger partial charge on any atom is -0.493 e. The topological polar surface area (TPSA) is 70.8 Å². The molecule has 0 aromatic heterocycles. The van der Waals surface area contributed by atoms with E-state index in [9.17, 15) is 4.79 Å². The molecule has 0 saturated carbocycles. The van der Waals surface area contributed by atoms with E-state index >= 15 is 0 Å². The molecule has 5 nitrogen and oxygen atoms in total. The van der Waals surface area contributed by atoms with Gasteiger partial charge in [-0.1, -0.05) is 6.07 Å². The van der Waals surface area contributed by atoms with Gasteiger partial charge < -0.3 is 19.9 Å². The molecule has 16 heavy (non-hydrogen) atoms. The van der Waals surface area contributed by atoms with Crippen molar-refractivity contribution in [1.29, 1.82) is 0 Å². The van der Waals surface area contributed by atoms with Crippen LogP contribution in [0.5, 0.6) is 17.2 Å². The van der Waals surface area contributed by atoms with E-state index in [0.717, 1.165) is 0 Å². The van der Waals surface area contributed by atoms with Gasteiger partial charge in [0.15, 0.2) is 11.5 Å².